The van der Waals surface area contributed by atoms with Gasteiger partial charge in [-0.2, -0.15) is 26.3 Å². The molecule has 0 saturated heterocycles. The summed E-state index contributed by atoms with van der Waals surface area (Å²) in [5, 5.41) is 14.3. The number of anilines is 1. The average molecular weight is 371 g/mol. The summed E-state index contributed by atoms with van der Waals surface area (Å²) >= 11 is 0. The molecular weight excluding hydrogens is 360 g/mol. The first-order valence-electron chi connectivity index (χ1n) is 6.68. The molecule has 0 spiro atoms. The first kappa shape index (κ1) is 18.8. The van der Waals surface area contributed by atoms with Crippen molar-refractivity contribution >= 4 is 17.5 Å². The van der Waals surface area contributed by atoms with Crippen molar-refractivity contribution in [3.05, 3.63) is 29.3 Å². The zero-order valence-corrected chi connectivity index (χ0v) is 12.2. The van der Waals surface area contributed by atoms with Crippen LogP contribution in [0.4, 0.5) is 32.0 Å². The van der Waals surface area contributed by atoms with Crippen LogP contribution in [-0.4, -0.2) is 42.3 Å². The van der Waals surface area contributed by atoms with Crippen LogP contribution in [-0.2, 0) is 15.7 Å². The Morgan fingerprint density at radius 2 is 1.96 bits per heavy atom. The van der Waals surface area contributed by atoms with E-state index in [1.807, 2.05) is 10.7 Å². The number of hydrogen-bond acceptors (Lipinski definition) is 5. The number of rotatable bonds is 4. The number of alkyl halides is 6. The lowest BCUT2D eigenvalue weighted by Gasteiger charge is -2.20. The van der Waals surface area contributed by atoms with Crippen LogP contribution in [0.1, 0.15) is 11.1 Å². The molecule has 6 nitrogen and oxygen atoms in total. The Bertz CT molecular complexity index is 687. The second-order valence-corrected chi connectivity index (χ2v) is 4.94. The maximum Gasteiger partial charge on any atom is 0.418 e. The summed E-state index contributed by atoms with van der Waals surface area (Å²) in [5.41, 5.74) is -0.0293. The molecule has 1 aromatic carbocycles. The highest BCUT2D eigenvalue weighted by Gasteiger charge is 2.39. The minimum atomic E-state index is -4.96. The molecule has 0 fully saturated rings. The zero-order valence-electron chi connectivity index (χ0n) is 12.2. The van der Waals surface area contributed by atoms with Crippen molar-refractivity contribution in [2.45, 2.75) is 18.5 Å². The number of nitrogens with zero attached hydrogens (tertiary/aromatic N) is 1. The summed E-state index contributed by atoms with van der Waals surface area (Å²) in [6.07, 6.45) is -12.7. The number of halogens is 6. The van der Waals surface area contributed by atoms with Gasteiger partial charge in [-0.15, -0.1) is 5.10 Å². The molecule has 2 rings (SSSR count). The number of amides is 1. The molecule has 1 aromatic rings. The molecule has 25 heavy (non-hydrogen) atoms. The second kappa shape index (κ2) is 6.78. The average Bonchev–Trinajstić information content (AvgIpc) is 2.51. The molecule has 1 aliphatic heterocycles. The number of nitrogens with one attached hydrogen (secondary N) is 2. The number of carbonyl (C=O) groups excluding carboxylic acids is 1. The Hall–Kier alpha value is -2.50. The summed E-state index contributed by atoms with van der Waals surface area (Å²) in [6, 6.07) is 2.61. The van der Waals surface area contributed by atoms with Crippen LogP contribution in [0.25, 0.3) is 0 Å². The molecule has 1 amide bonds. The number of hydrogen-bond donors (Lipinski definition) is 3. The van der Waals surface area contributed by atoms with Crippen LogP contribution in [0.5, 0.6) is 0 Å². The van der Waals surface area contributed by atoms with Gasteiger partial charge in [0, 0.05) is 17.8 Å². The minimum Gasteiger partial charge on any atom is -0.466 e. The molecule has 1 atom stereocenters. The third kappa shape index (κ3) is 4.75. The van der Waals surface area contributed by atoms with E-state index < -0.39 is 48.8 Å². The number of benzene rings is 1. The lowest BCUT2D eigenvalue weighted by Crippen LogP contribution is -2.35. The largest absolute Gasteiger partial charge is 0.466 e. The standard InChI is InChI=1S/C13H11F6N3O3/c14-12(15,16)7-3-6(11-22-21-10(24)5-25-11)1-2-8(7)20-4-9(23)13(17,18)19/h1-3,9,20,23H,4-5H2,(H,21,24)/t9-/m1/s1. The number of ether oxygens (including phenoxy) is 1. The highest BCUT2D eigenvalue weighted by atomic mass is 19.4. The first-order chi connectivity index (χ1) is 11.5. The van der Waals surface area contributed by atoms with Gasteiger partial charge >= 0.3 is 12.4 Å². The van der Waals surface area contributed by atoms with Gasteiger partial charge in [0.1, 0.15) is 0 Å². The van der Waals surface area contributed by atoms with E-state index >= 15 is 0 Å². The first-order valence-corrected chi connectivity index (χ1v) is 6.68. The molecule has 1 aliphatic rings. The van der Waals surface area contributed by atoms with Gasteiger partial charge < -0.3 is 15.2 Å². The summed E-state index contributed by atoms with van der Waals surface area (Å²) in [4.78, 5) is 10.9. The van der Waals surface area contributed by atoms with Crippen molar-refractivity contribution < 1.29 is 41.0 Å². The number of aliphatic hydroxyl groups excluding tert-OH is 1. The molecule has 1 heterocycles. The van der Waals surface area contributed by atoms with E-state index in [1.165, 1.54) is 0 Å². The van der Waals surface area contributed by atoms with Crippen LogP contribution >= 0.6 is 0 Å². The fourth-order valence-electron chi connectivity index (χ4n) is 1.85. The van der Waals surface area contributed by atoms with E-state index in [-0.39, 0.29) is 11.5 Å². The van der Waals surface area contributed by atoms with Crippen molar-refractivity contribution in [3.63, 3.8) is 0 Å². The molecule has 0 aromatic heterocycles. The predicted octanol–water partition coefficient (Wildman–Crippen LogP) is 1.85. The molecule has 12 heteroatoms. The number of aliphatic hydroxyl groups is 1. The van der Waals surface area contributed by atoms with Crippen LogP contribution < -0.4 is 10.7 Å². The van der Waals surface area contributed by atoms with Crippen molar-refractivity contribution in [3.8, 4) is 0 Å². The molecule has 3 N–H and O–H groups in total. The summed E-state index contributed by atoms with van der Waals surface area (Å²) in [6.45, 7) is -1.59. The van der Waals surface area contributed by atoms with Gasteiger partial charge in [0.15, 0.2) is 12.7 Å². The quantitative estimate of drug-likeness (QED) is 0.706. The van der Waals surface area contributed by atoms with E-state index in [0.717, 1.165) is 12.1 Å². The number of hydrazone groups is 1. The van der Waals surface area contributed by atoms with Gasteiger partial charge in [0.05, 0.1) is 5.56 Å². The number of carbonyl (C=O) groups is 1. The fraction of sp³-hybridized carbons (Fsp3) is 0.385. The van der Waals surface area contributed by atoms with E-state index in [2.05, 4.69) is 5.10 Å². The van der Waals surface area contributed by atoms with Crippen LogP contribution in [0, 0.1) is 0 Å². The summed E-state index contributed by atoms with van der Waals surface area (Å²) < 4.78 is 81.0. The van der Waals surface area contributed by atoms with E-state index in [1.54, 1.807) is 0 Å². The smallest absolute Gasteiger partial charge is 0.418 e. The monoisotopic (exact) mass is 371 g/mol. The third-order valence-electron chi connectivity index (χ3n) is 3.06. The van der Waals surface area contributed by atoms with E-state index in [0.29, 0.717) is 6.07 Å². The van der Waals surface area contributed by atoms with Gasteiger partial charge in [-0.25, -0.2) is 5.43 Å². The molecule has 0 saturated carbocycles. The maximum atomic E-state index is 13.1. The fourth-order valence-corrected chi connectivity index (χ4v) is 1.85. The van der Waals surface area contributed by atoms with Gasteiger partial charge in [-0.1, -0.05) is 0 Å². The molecule has 0 radical (unpaired) electrons. The van der Waals surface area contributed by atoms with E-state index in [9.17, 15) is 31.1 Å². The Labute approximate surface area is 136 Å². The Morgan fingerprint density at radius 1 is 1.28 bits per heavy atom. The lowest BCUT2D eigenvalue weighted by atomic mass is 10.1. The maximum absolute atomic E-state index is 13.1. The van der Waals surface area contributed by atoms with Crippen LogP contribution in [0.15, 0.2) is 23.3 Å². The van der Waals surface area contributed by atoms with Crippen molar-refractivity contribution in [1.82, 2.24) is 5.43 Å². The van der Waals surface area contributed by atoms with Gasteiger partial charge in [-0.05, 0) is 18.2 Å². The zero-order chi connectivity index (χ0) is 18.8. The summed E-state index contributed by atoms with van der Waals surface area (Å²) in [5.74, 6) is -0.855. The van der Waals surface area contributed by atoms with Gasteiger partial charge in [0.2, 0.25) is 5.90 Å². The highest BCUT2D eigenvalue weighted by Crippen LogP contribution is 2.36. The topological polar surface area (TPSA) is 83.0 Å². The van der Waals surface area contributed by atoms with Crippen molar-refractivity contribution in [2.75, 3.05) is 18.5 Å². The van der Waals surface area contributed by atoms with E-state index in [4.69, 9.17) is 9.84 Å². The van der Waals surface area contributed by atoms with Crippen LogP contribution in [0.2, 0.25) is 0 Å². The molecule has 138 valence electrons. The minimum absolute atomic E-state index is 0.130. The van der Waals surface area contributed by atoms with Crippen molar-refractivity contribution in [2.24, 2.45) is 5.10 Å². The normalized spacial score (nSPS) is 16.6. The Morgan fingerprint density at radius 3 is 2.48 bits per heavy atom. The molecular formula is C13H11F6N3O3. The second-order valence-electron chi connectivity index (χ2n) is 4.94. The van der Waals surface area contributed by atoms with Crippen molar-refractivity contribution in [1.29, 1.82) is 0 Å². The van der Waals surface area contributed by atoms with Gasteiger partial charge in [-0.3, -0.25) is 4.79 Å². The predicted molar refractivity (Wildman–Crippen MR) is 72.6 cm³/mol. The highest BCUT2D eigenvalue weighted by molar-refractivity contribution is 5.98. The SMILES string of the molecule is O=C1COC(c2ccc(NC[C@@H](O)C(F)(F)F)c(C(F)(F)F)c2)=NN1. The lowest BCUT2D eigenvalue weighted by molar-refractivity contribution is -0.198. The van der Waals surface area contributed by atoms with Crippen LogP contribution in [0.3, 0.4) is 0 Å². The van der Waals surface area contributed by atoms with Gasteiger partial charge in [0.25, 0.3) is 5.91 Å². The molecule has 0 bridgehead atoms. The Balaban J connectivity index is 2.27. The Kier molecular flexibility index (Phi) is 5.11. The molecule has 0 aliphatic carbocycles. The molecule has 0 unspecified atom stereocenters. The summed E-state index contributed by atoms with van der Waals surface area (Å²) in [7, 11) is 0. The third-order valence-corrected chi connectivity index (χ3v) is 3.06.